The number of hydrogen-bond donors (Lipinski definition) is 0. The van der Waals surface area contributed by atoms with E-state index < -0.39 is 0 Å². The molecule has 0 aliphatic carbocycles. The van der Waals surface area contributed by atoms with Gasteiger partial charge in [-0.25, -0.2) is 0 Å². The maximum absolute atomic E-state index is 12.3. The molecule has 0 spiro atoms. The van der Waals surface area contributed by atoms with Crippen LogP contribution in [0.1, 0.15) is 48.0 Å². The van der Waals surface area contributed by atoms with Gasteiger partial charge < -0.3 is 4.90 Å². The summed E-state index contributed by atoms with van der Waals surface area (Å²) in [6.45, 7) is 14.4. The standard InChI is InChI=1S/C17H30N2O/c1-13(2)15-8-7-11-19(17(5,6)14(3)4)16(20)12-18-10-9-15/h7-8,12-15H,9-11H2,1-6H3. The fraction of sp³-hybridized carbons (Fsp3) is 0.765. The molecule has 114 valence electrons. The molecule has 1 amide bonds. The molecule has 3 heteroatoms. The molecule has 0 radical (unpaired) electrons. The number of amides is 1. The summed E-state index contributed by atoms with van der Waals surface area (Å²) in [5.41, 5.74) is -0.167. The Labute approximate surface area is 124 Å². The summed E-state index contributed by atoms with van der Waals surface area (Å²) >= 11 is 0. The average molecular weight is 278 g/mol. The third-order valence-electron chi connectivity index (χ3n) is 4.70. The Balaban J connectivity index is 2.96. The van der Waals surface area contributed by atoms with Crippen LogP contribution in [0, 0.1) is 17.8 Å². The Kier molecular flexibility index (Phi) is 5.97. The molecule has 1 aliphatic rings. The van der Waals surface area contributed by atoms with E-state index in [9.17, 15) is 4.79 Å². The number of rotatable bonds is 3. The fourth-order valence-electron chi connectivity index (χ4n) is 2.35. The van der Waals surface area contributed by atoms with Crippen molar-refractivity contribution >= 4 is 12.1 Å². The summed E-state index contributed by atoms with van der Waals surface area (Å²) in [5.74, 6) is 1.58. The van der Waals surface area contributed by atoms with Crippen LogP contribution in [0.25, 0.3) is 0 Å². The van der Waals surface area contributed by atoms with Gasteiger partial charge in [0.25, 0.3) is 5.91 Å². The van der Waals surface area contributed by atoms with Crippen molar-refractivity contribution in [3.05, 3.63) is 12.2 Å². The zero-order valence-electron chi connectivity index (χ0n) is 13.9. The van der Waals surface area contributed by atoms with Gasteiger partial charge in [-0.15, -0.1) is 0 Å². The Morgan fingerprint density at radius 3 is 2.50 bits per heavy atom. The summed E-state index contributed by atoms with van der Waals surface area (Å²) < 4.78 is 0. The van der Waals surface area contributed by atoms with Crippen LogP contribution in [0.5, 0.6) is 0 Å². The van der Waals surface area contributed by atoms with Crippen molar-refractivity contribution in [2.45, 2.75) is 53.5 Å². The number of allylic oxidation sites excluding steroid dienone is 1. The van der Waals surface area contributed by atoms with Gasteiger partial charge in [-0.05, 0) is 38.0 Å². The van der Waals surface area contributed by atoms with Gasteiger partial charge in [0.05, 0.1) is 6.21 Å². The van der Waals surface area contributed by atoms with Crippen molar-refractivity contribution in [2.75, 3.05) is 13.1 Å². The van der Waals surface area contributed by atoms with Crippen LogP contribution in [0.3, 0.4) is 0 Å². The third-order valence-corrected chi connectivity index (χ3v) is 4.70. The summed E-state index contributed by atoms with van der Waals surface area (Å²) in [4.78, 5) is 18.6. The van der Waals surface area contributed by atoms with E-state index in [2.05, 4.69) is 58.7 Å². The molecular weight excluding hydrogens is 248 g/mol. The molecule has 1 heterocycles. The van der Waals surface area contributed by atoms with E-state index in [-0.39, 0.29) is 11.4 Å². The second kappa shape index (κ2) is 7.05. The van der Waals surface area contributed by atoms with Crippen molar-refractivity contribution in [1.82, 2.24) is 4.90 Å². The molecule has 0 N–H and O–H groups in total. The molecule has 0 saturated heterocycles. The lowest BCUT2D eigenvalue weighted by atomic mass is 9.88. The van der Waals surface area contributed by atoms with E-state index in [0.29, 0.717) is 24.3 Å². The Bertz CT molecular complexity index is 380. The molecule has 0 fully saturated rings. The van der Waals surface area contributed by atoms with Crippen LogP contribution in [-0.4, -0.2) is 35.7 Å². The Morgan fingerprint density at radius 2 is 1.95 bits per heavy atom. The zero-order valence-corrected chi connectivity index (χ0v) is 13.9. The molecule has 0 aromatic heterocycles. The van der Waals surface area contributed by atoms with Gasteiger partial charge in [-0.1, -0.05) is 39.8 Å². The number of hydrogen-bond acceptors (Lipinski definition) is 2. The van der Waals surface area contributed by atoms with Crippen LogP contribution in [0.2, 0.25) is 0 Å². The van der Waals surface area contributed by atoms with Gasteiger partial charge in [-0.2, -0.15) is 0 Å². The van der Waals surface area contributed by atoms with Gasteiger partial charge in [0.15, 0.2) is 0 Å². The molecule has 1 aliphatic heterocycles. The molecule has 0 aromatic rings. The van der Waals surface area contributed by atoms with Gasteiger partial charge in [0.1, 0.15) is 0 Å². The molecule has 0 bridgehead atoms. The number of aliphatic imine (C=N–C) groups is 1. The van der Waals surface area contributed by atoms with Gasteiger partial charge in [0.2, 0.25) is 0 Å². The minimum Gasteiger partial charge on any atom is -0.329 e. The largest absolute Gasteiger partial charge is 0.329 e. The minimum atomic E-state index is -0.167. The maximum atomic E-state index is 12.3. The zero-order chi connectivity index (χ0) is 15.3. The second-order valence-corrected chi connectivity index (χ2v) is 6.92. The predicted octanol–water partition coefficient (Wildman–Crippen LogP) is 3.55. The average Bonchev–Trinajstić information content (AvgIpc) is 2.35. The van der Waals surface area contributed by atoms with Crippen molar-refractivity contribution in [2.24, 2.45) is 22.7 Å². The Hall–Kier alpha value is -1.12. The molecule has 0 aromatic carbocycles. The molecule has 1 rings (SSSR count). The SMILES string of the molecule is CC(C)C1C=CCN(C(C)(C)C(C)C)C(=O)C=NCC1. The highest BCUT2D eigenvalue weighted by Crippen LogP contribution is 2.25. The minimum absolute atomic E-state index is 0.0244. The monoisotopic (exact) mass is 278 g/mol. The molecule has 0 saturated carbocycles. The lowest BCUT2D eigenvalue weighted by molar-refractivity contribution is -0.129. The quantitative estimate of drug-likeness (QED) is 0.727. The van der Waals surface area contributed by atoms with Crippen LogP contribution < -0.4 is 0 Å². The summed E-state index contributed by atoms with van der Waals surface area (Å²) in [6.07, 6.45) is 6.96. The van der Waals surface area contributed by atoms with Crippen LogP contribution in [0.15, 0.2) is 17.1 Å². The molecular formula is C17H30N2O. The van der Waals surface area contributed by atoms with E-state index in [0.717, 1.165) is 13.0 Å². The summed E-state index contributed by atoms with van der Waals surface area (Å²) in [5, 5.41) is 0. The van der Waals surface area contributed by atoms with Crippen LogP contribution in [-0.2, 0) is 4.79 Å². The van der Waals surface area contributed by atoms with Gasteiger partial charge in [-0.3, -0.25) is 9.79 Å². The maximum Gasteiger partial charge on any atom is 0.265 e. The first-order valence-corrected chi connectivity index (χ1v) is 7.75. The molecule has 1 unspecified atom stereocenters. The fourth-order valence-corrected chi connectivity index (χ4v) is 2.35. The predicted molar refractivity (Wildman–Crippen MR) is 86.1 cm³/mol. The van der Waals surface area contributed by atoms with Crippen molar-refractivity contribution in [1.29, 1.82) is 0 Å². The highest BCUT2D eigenvalue weighted by Gasteiger charge is 2.32. The molecule has 20 heavy (non-hydrogen) atoms. The second-order valence-electron chi connectivity index (χ2n) is 6.92. The van der Waals surface area contributed by atoms with E-state index in [1.807, 2.05) is 4.90 Å². The third kappa shape index (κ3) is 4.19. The first-order valence-electron chi connectivity index (χ1n) is 7.75. The number of carbonyl (C=O) groups excluding carboxylic acids is 1. The van der Waals surface area contributed by atoms with E-state index in [4.69, 9.17) is 0 Å². The smallest absolute Gasteiger partial charge is 0.265 e. The highest BCUT2D eigenvalue weighted by molar-refractivity contribution is 6.26. The van der Waals surface area contributed by atoms with Crippen molar-refractivity contribution < 1.29 is 4.79 Å². The first kappa shape index (κ1) is 16.9. The number of carbonyl (C=O) groups is 1. The van der Waals surface area contributed by atoms with Gasteiger partial charge >= 0.3 is 0 Å². The van der Waals surface area contributed by atoms with Crippen molar-refractivity contribution in [3.63, 3.8) is 0 Å². The van der Waals surface area contributed by atoms with E-state index in [1.165, 1.54) is 6.21 Å². The van der Waals surface area contributed by atoms with Crippen LogP contribution >= 0.6 is 0 Å². The highest BCUT2D eigenvalue weighted by atomic mass is 16.2. The molecule has 1 atom stereocenters. The summed E-state index contributed by atoms with van der Waals surface area (Å²) in [7, 11) is 0. The normalized spacial score (nSPS) is 21.9. The van der Waals surface area contributed by atoms with Crippen molar-refractivity contribution in [3.8, 4) is 0 Å². The summed E-state index contributed by atoms with van der Waals surface area (Å²) in [6, 6.07) is 0. The van der Waals surface area contributed by atoms with E-state index >= 15 is 0 Å². The number of nitrogens with zero attached hydrogens (tertiary/aromatic N) is 2. The van der Waals surface area contributed by atoms with E-state index in [1.54, 1.807) is 0 Å². The molecule has 3 nitrogen and oxygen atoms in total. The Morgan fingerprint density at radius 1 is 1.30 bits per heavy atom. The lowest BCUT2D eigenvalue weighted by Crippen LogP contribution is -2.51. The lowest BCUT2D eigenvalue weighted by Gasteiger charge is -2.41. The van der Waals surface area contributed by atoms with Gasteiger partial charge in [0, 0.05) is 18.6 Å². The first-order chi connectivity index (χ1) is 9.26. The van der Waals surface area contributed by atoms with Crippen LogP contribution in [0.4, 0.5) is 0 Å². The topological polar surface area (TPSA) is 32.7 Å².